The largest absolute Gasteiger partial charge is 0.506 e. The van der Waals surface area contributed by atoms with Crippen molar-refractivity contribution in [1.29, 1.82) is 0 Å². The van der Waals surface area contributed by atoms with Crippen molar-refractivity contribution in [1.82, 2.24) is 4.31 Å². The molecule has 1 amide bonds. The number of carbonyl (C=O) groups is 1. The molecule has 31 heavy (non-hydrogen) atoms. The topological polar surface area (TPSA) is 120 Å². The Morgan fingerprint density at radius 1 is 1.16 bits per heavy atom. The number of phenols is 1. The summed E-state index contributed by atoms with van der Waals surface area (Å²) in [6.07, 6.45) is -6.72. The van der Waals surface area contributed by atoms with Crippen LogP contribution in [0.1, 0.15) is 31.8 Å². The molecule has 0 aliphatic heterocycles. The number of anilines is 1. The minimum atomic E-state index is -5.25. The van der Waals surface area contributed by atoms with Crippen LogP contribution in [-0.2, 0) is 20.4 Å². The van der Waals surface area contributed by atoms with E-state index in [-0.39, 0.29) is 23.7 Å². The van der Waals surface area contributed by atoms with Crippen LogP contribution in [0.25, 0.3) is 0 Å². The van der Waals surface area contributed by atoms with Gasteiger partial charge < -0.3 is 19.9 Å². The number of benzene rings is 1. The van der Waals surface area contributed by atoms with Crippen molar-refractivity contribution >= 4 is 21.6 Å². The lowest BCUT2D eigenvalue weighted by molar-refractivity contribution is -0.272. The predicted octanol–water partition coefficient (Wildman–Crippen LogP) is 3.10. The second-order valence-electron chi connectivity index (χ2n) is 6.76. The first-order chi connectivity index (χ1) is 14.3. The van der Waals surface area contributed by atoms with Gasteiger partial charge in [-0.1, -0.05) is 13.8 Å². The third kappa shape index (κ3) is 5.02. The SMILES string of the molecule is CCN(CC)S(=O)(=O)c1ccc(O)c(NC(=O)CC(O)(c2ccc(C)o2)C(F)(F)F)c1. The van der Waals surface area contributed by atoms with Gasteiger partial charge in [0.05, 0.1) is 17.0 Å². The van der Waals surface area contributed by atoms with Gasteiger partial charge in [-0.3, -0.25) is 4.79 Å². The van der Waals surface area contributed by atoms with Gasteiger partial charge in [0.1, 0.15) is 17.3 Å². The van der Waals surface area contributed by atoms with Crippen molar-refractivity contribution in [3.05, 3.63) is 41.9 Å². The summed E-state index contributed by atoms with van der Waals surface area (Å²) in [6.45, 7) is 4.96. The molecule has 0 fully saturated rings. The van der Waals surface area contributed by atoms with Crippen LogP contribution in [0.5, 0.6) is 5.75 Å². The Balaban J connectivity index is 2.35. The van der Waals surface area contributed by atoms with Crippen molar-refractivity contribution in [2.45, 2.75) is 43.9 Å². The number of nitrogens with one attached hydrogen (secondary N) is 1. The lowest BCUT2D eigenvalue weighted by atomic mass is 9.95. The smallest absolute Gasteiger partial charge is 0.425 e. The molecule has 12 heteroatoms. The number of carbonyl (C=O) groups excluding carboxylic acids is 1. The monoisotopic (exact) mass is 464 g/mol. The van der Waals surface area contributed by atoms with Crippen LogP contribution in [0.4, 0.5) is 18.9 Å². The number of hydrogen-bond donors (Lipinski definition) is 3. The van der Waals surface area contributed by atoms with Crippen molar-refractivity contribution in [3.63, 3.8) is 0 Å². The van der Waals surface area contributed by atoms with Gasteiger partial charge in [-0.2, -0.15) is 17.5 Å². The third-order valence-corrected chi connectivity index (χ3v) is 6.66. The molecule has 1 aromatic carbocycles. The van der Waals surface area contributed by atoms with Crippen LogP contribution in [0.3, 0.4) is 0 Å². The van der Waals surface area contributed by atoms with E-state index in [0.717, 1.165) is 28.6 Å². The number of alkyl halides is 3. The highest BCUT2D eigenvalue weighted by atomic mass is 32.2. The average Bonchev–Trinajstić information content (AvgIpc) is 3.10. The van der Waals surface area contributed by atoms with Crippen LogP contribution in [0.2, 0.25) is 0 Å². The number of halogens is 3. The number of nitrogens with zero attached hydrogens (tertiary/aromatic N) is 1. The van der Waals surface area contributed by atoms with E-state index in [1.807, 2.05) is 5.32 Å². The maximum absolute atomic E-state index is 13.5. The fourth-order valence-electron chi connectivity index (χ4n) is 2.90. The molecular formula is C19H23F3N2O6S. The molecule has 0 aliphatic carbocycles. The second-order valence-corrected chi connectivity index (χ2v) is 8.70. The first kappa shape index (κ1) is 24.7. The molecule has 2 rings (SSSR count). The number of aromatic hydroxyl groups is 1. The van der Waals surface area contributed by atoms with Crippen molar-refractivity contribution < 1.29 is 41.0 Å². The first-order valence-electron chi connectivity index (χ1n) is 9.25. The van der Waals surface area contributed by atoms with Crippen molar-refractivity contribution in [3.8, 4) is 5.75 Å². The number of aliphatic hydroxyl groups is 1. The molecule has 3 N–H and O–H groups in total. The van der Waals surface area contributed by atoms with Crippen LogP contribution in [-0.4, -0.2) is 48.1 Å². The summed E-state index contributed by atoms with van der Waals surface area (Å²) in [5.41, 5.74) is -4.04. The minimum absolute atomic E-state index is 0.102. The second kappa shape index (κ2) is 8.89. The number of aryl methyl sites for hydroxylation is 1. The van der Waals surface area contributed by atoms with E-state index in [0.29, 0.717) is 0 Å². The van der Waals surface area contributed by atoms with E-state index in [1.54, 1.807) is 13.8 Å². The van der Waals surface area contributed by atoms with Crippen molar-refractivity contribution in [2.24, 2.45) is 0 Å². The third-order valence-electron chi connectivity index (χ3n) is 4.62. The molecule has 8 nitrogen and oxygen atoms in total. The molecule has 0 saturated carbocycles. The van der Waals surface area contributed by atoms with Gasteiger partial charge in [0.15, 0.2) is 0 Å². The molecule has 0 bridgehead atoms. The van der Waals surface area contributed by atoms with E-state index < -0.39 is 51.3 Å². The van der Waals surface area contributed by atoms with E-state index in [4.69, 9.17) is 4.42 Å². The summed E-state index contributed by atoms with van der Waals surface area (Å²) >= 11 is 0. The predicted molar refractivity (Wildman–Crippen MR) is 105 cm³/mol. The van der Waals surface area contributed by atoms with Gasteiger partial charge in [0.25, 0.3) is 0 Å². The van der Waals surface area contributed by atoms with Gasteiger partial charge in [-0.25, -0.2) is 8.42 Å². The summed E-state index contributed by atoms with van der Waals surface area (Å²) in [5.74, 6) is -2.64. The van der Waals surface area contributed by atoms with Crippen LogP contribution < -0.4 is 5.32 Å². The van der Waals surface area contributed by atoms with E-state index in [2.05, 4.69) is 0 Å². The van der Waals surface area contributed by atoms with Crippen molar-refractivity contribution in [2.75, 3.05) is 18.4 Å². The fraction of sp³-hybridized carbons (Fsp3) is 0.421. The number of phenolic OH excluding ortho intramolecular Hbond substituents is 1. The quantitative estimate of drug-likeness (QED) is 0.517. The van der Waals surface area contributed by atoms with Gasteiger partial charge in [0, 0.05) is 13.1 Å². The fourth-order valence-corrected chi connectivity index (χ4v) is 4.38. The highest BCUT2D eigenvalue weighted by Crippen LogP contribution is 2.42. The standard InChI is InChI=1S/C19H23F3N2O6S/c1-4-24(5-2)31(28,29)13-7-8-15(25)14(10-13)23-17(26)11-18(27,19(20,21)22)16-9-6-12(3)30-16/h6-10,25,27H,4-5,11H2,1-3H3,(H,23,26). The lowest BCUT2D eigenvalue weighted by Gasteiger charge is -2.28. The highest BCUT2D eigenvalue weighted by Gasteiger charge is 2.58. The Kier molecular flexibility index (Phi) is 7.08. The molecule has 0 spiro atoms. The molecule has 0 aliphatic rings. The van der Waals surface area contributed by atoms with Gasteiger partial charge in [-0.15, -0.1) is 0 Å². The number of furan rings is 1. The van der Waals surface area contributed by atoms with Gasteiger partial charge in [-0.05, 0) is 37.3 Å². The Bertz CT molecular complexity index is 1050. The van der Waals surface area contributed by atoms with E-state index in [1.165, 1.54) is 13.0 Å². The number of sulfonamides is 1. The molecule has 2 aromatic rings. The number of rotatable bonds is 8. The van der Waals surface area contributed by atoms with Crippen LogP contribution in [0, 0.1) is 6.92 Å². The molecule has 0 saturated heterocycles. The summed E-state index contributed by atoms with van der Waals surface area (Å²) in [6, 6.07) is 5.15. The van der Waals surface area contributed by atoms with E-state index >= 15 is 0 Å². The Morgan fingerprint density at radius 2 is 1.77 bits per heavy atom. The maximum Gasteiger partial charge on any atom is 0.425 e. The molecule has 172 valence electrons. The Labute approximate surface area is 177 Å². The molecule has 1 aromatic heterocycles. The molecule has 1 atom stereocenters. The van der Waals surface area contributed by atoms with E-state index in [9.17, 15) is 36.6 Å². The minimum Gasteiger partial charge on any atom is -0.506 e. The van der Waals surface area contributed by atoms with Crippen LogP contribution in [0.15, 0.2) is 39.6 Å². The number of hydrogen-bond acceptors (Lipinski definition) is 6. The Hall–Kier alpha value is -2.57. The number of amides is 1. The van der Waals surface area contributed by atoms with Crippen LogP contribution >= 0.6 is 0 Å². The first-order valence-corrected chi connectivity index (χ1v) is 10.7. The maximum atomic E-state index is 13.5. The highest BCUT2D eigenvalue weighted by molar-refractivity contribution is 7.89. The summed E-state index contributed by atoms with van der Waals surface area (Å²) in [4.78, 5) is 12.1. The Morgan fingerprint density at radius 3 is 2.26 bits per heavy atom. The lowest BCUT2D eigenvalue weighted by Crippen LogP contribution is -2.44. The zero-order valence-corrected chi connectivity index (χ0v) is 17.8. The molecule has 0 radical (unpaired) electrons. The summed E-state index contributed by atoms with van der Waals surface area (Å²) in [7, 11) is -3.95. The zero-order chi connectivity index (χ0) is 23.6. The molecule has 1 heterocycles. The normalized spacial score (nSPS) is 14.5. The average molecular weight is 464 g/mol. The molecule has 1 unspecified atom stereocenters. The molecular weight excluding hydrogens is 441 g/mol. The summed E-state index contributed by atoms with van der Waals surface area (Å²) in [5, 5.41) is 22.2. The zero-order valence-electron chi connectivity index (χ0n) is 17.0. The van der Waals surface area contributed by atoms with Gasteiger partial charge in [0.2, 0.25) is 21.5 Å². The van der Waals surface area contributed by atoms with Gasteiger partial charge >= 0.3 is 6.18 Å². The summed E-state index contributed by atoms with van der Waals surface area (Å²) < 4.78 is 71.9.